The first-order chi connectivity index (χ1) is 13.2. The van der Waals surface area contributed by atoms with Gasteiger partial charge in [0.25, 0.3) is 0 Å². The number of hydrogen-bond acceptors (Lipinski definition) is 3. The topological polar surface area (TPSA) is 52.5 Å². The van der Waals surface area contributed by atoms with Gasteiger partial charge in [0.05, 0.1) is 6.04 Å². The number of benzene rings is 2. The molecule has 2 heterocycles. The minimum atomic E-state index is -0.0598. The lowest BCUT2D eigenvalue weighted by molar-refractivity contribution is -0.122. The van der Waals surface area contributed by atoms with Crippen molar-refractivity contribution in [3.05, 3.63) is 59.8 Å². The molecule has 0 spiro atoms. The van der Waals surface area contributed by atoms with Crippen LogP contribution in [0.4, 0.5) is 0 Å². The van der Waals surface area contributed by atoms with Crippen molar-refractivity contribution in [3.63, 3.8) is 0 Å². The maximum Gasteiger partial charge on any atom is 0.240 e. The van der Waals surface area contributed by atoms with E-state index in [1.807, 2.05) is 43.3 Å². The summed E-state index contributed by atoms with van der Waals surface area (Å²) in [6.45, 7) is 5.54. The van der Waals surface area contributed by atoms with Crippen molar-refractivity contribution < 1.29 is 14.3 Å². The molecule has 1 aliphatic rings. The molecule has 0 saturated carbocycles. The predicted molar refractivity (Wildman–Crippen MR) is 105 cm³/mol. The average molecular weight is 364 g/mol. The predicted octanol–water partition coefficient (Wildman–Crippen LogP) is 3.99. The second kappa shape index (κ2) is 7.35. The number of nitrogens with one attached hydrogen (secondary N) is 1. The minimum Gasteiger partial charge on any atom is -0.486 e. The van der Waals surface area contributed by atoms with E-state index in [1.54, 1.807) is 0 Å². The first kappa shape index (κ1) is 17.5. The zero-order chi connectivity index (χ0) is 18.8. The number of aromatic nitrogens is 1. The van der Waals surface area contributed by atoms with Crippen molar-refractivity contribution >= 4 is 16.8 Å². The van der Waals surface area contributed by atoms with Gasteiger partial charge in [-0.25, -0.2) is 0 Å². The highest BCUT2D eigenvalue weighted by Crippen LogP contribution is 2.33. The molecule has 0 radical (unpaired) electrons. The second-order valence-corrected chi connectivity index (χ2v) is 6.86. The SMILES string of the molecule is CCC(NC(=O)Cn1c(C)cc2ccccc21)c1ccc2c(c1)OCCO2. The van der Waals surface area contributed by atoms with Gasteiger partial charge in [0, 0.05) is 11.2 Å². The maximum absolute atomic E-state index is 12.7. The fraction of sp³-hybridized carbons (Fsp3) is 0.318. The third-order valence-electron chi connectivity index (χ3n) is 5.03. The summed E-state index contributed by atoms with van der Waals surface area (Å²) in [4.78, 5) is 12.7. The molecule has 3 aromatic rings. The van der Waals surface area contributed by atoms with Crippen LogP contribution in [0.1, 0.15) is 30.6 Å². The van der Waals surface area contributed by atoms with Crippen molar-refractivity contribution in [3.8, 4) is 11.5 Å². The van der Waals surface area contributed by atoms with E-state index in [9.17, 15) is 4.79 Å². The van der Waals surface area contributed by atoms with Gasteiger partial charge >= 0.3 is 0 Å². The Morgan fingerprint density at radius 3 is 2.70 bits per heavy atom. The van der Waals surface area contributed by atoms with Crippen molar-refractivity contribution in [1.82, 2.24) is 9.88 Å². The number of rotatable bonds is 5. The molecule has 1 aromatic heterocycles. The van der Waals surface area contributed by atoms with Crippen LogP contribution in [0.2, 0.25) is 0 Å². The molecular weight excluding hydrogens is 340 g/mol. The Morgan fingerprint density at radius 1 is 1.11 bits per heavy atom. The first-order valence-electron chi connectivity index (χ1n) is 9.39. The molecule has 0 bridgehead atoms. The highest BCUT2D eigenvalue weighted by atomic mass is 16.6. The molecule has 1 atom stereocenters. The summed E-state index contributed by atoms with van der Waals surface area (Å²) >= 11 is 0. The summed E-state index contributed by atoms with van der Waals surface area (Å²) in [6.07, 6.45) is 0.802. The van der Waals surface area contributed by atoms with Crippen LogP contribution in [0.3, 0.4) is 0 Å². The maximum atomic E-state index is 12.7. The number of hydrogen-bond donors (Lipinski definition) is 1. The fourth-order valence-electron chi connectivity index (χ4n) is 3.64. The Kier molecular flexibility index (Phi) is 4.75. The lowest BCUT2D eigenvalue weighted by atomic mass is 10.0. The number of ether oxygens (including phenoxy) is 2. The number of amides is 1. The Hall–Kier alpha value is -2.95. The van der Waals surface area contributed by atoms with Crippen LogP contribution in [0, 0.1) is 6.92 Å². The third kappa shape index (κ3) is 3.50. The van der Waals surface area contributed by atoms with Crippen LogP contribution in [0.25, 0.3) is 10.9 Å². The molecule has 1 amide bonds. The highest BCUT2D eigenvalue weighted by Gasteiger charge is 2.18. The molecule has 0 saturated heterocycles. The number of para-hydroxylation sites is 1. The molecule has 5 heteroatoms. The Balaban J connectivity index is 1.51. The average Bonchev–Trinajstić information content (AvgIpc) is 3.01. The van der Waals surface area contributed by atoms with E-state index in [0.717, 1.165) is 40.1 Å². The Morgan fingerprint density at radius 2 is 1.89 bits per heavy atom. The molecule has 0 fully saturated rings. The smallest absolute Gasteiger partial charge is 0.240 e. The largest absolute Gasteiger partial charge is 0.486 e. The summed E-state index contributed by atoms with van der Waals surface area (Å²) in [5.41, 5.74) is 3.19. The summed E-state index contributed by atoms with van der Waals surface area (Å²) in [5, 5.41) is 4.32. The number of carbonyl (C=O) groups excluding carboxylic acids is 1. The molecule has 140 valence electrons. The number of nitrogens with zero attached hydrogens (tertiary/aromatic N) is 1. The van der Waals surface area contributed by atoms with Crippen molar-refractivity contribution in [2.45, 2.75) is 32.9 Å². The van der Waals surface area contributed by atoms with E-state index in [-0.39, 0.29) is 11.9 Å². The second-order valence-electron chi connectivity index (χ2n) is 6.86. The third-order valence-corrected chi connectivity index (χ3v) is 5.03. The number of carbonyl (C=O) groups is 1. The van der Waals surface area contributed by atoms with Crippen LogP contribution >= 0.6 is 0 Å². The van der Waals surface area contributed by atoms with Gasteiger partial charge in [-0.05, 0) is 48.6 Å². The van der Waals surface area contributed by atoms with Gasteiger partial charge in [0.1, 0.15) is 19.8 Å². The molecule has 1 unspecified atom stereocenters. The van der Waals surface area contributed by atoms with E-state index in [0.29, 0.717) is 19.8 Å². The van der Waals surface area contributed by atoms with Crippen LogP contribution < -0.4 is 14.8 Å². The van der Waals surface area contributed by atoms with Crippen LogP contribution in [-0.4, -0.2) is 23.7 Å². The number of aryl methyl sites for hydroxylation is 1. The molecule has 2 aromatic carbocycles. The summed E-state index contributed by atoms with van der Waals surface area (Å²) in [5.74, 6) is 1.51. The monoisotopic (exact) mass is 364 g/mol. The van der Waals surface area contributed by atoms with Gasteiger partial charge in [0.2, 0.25) is 5.91 Å². The van der Waals surface area contributed by atoms with Gasteiger partial charge < -0.3 is 19.4 Å². The number of fused-ring (bicyclic) bond motifs is 2. The van der Waals surface area contributed by atoms with E-state index in [1.165, 1.54) is 0 Å². The van der Waals surface area contributed by atoms with E-state index < -0.39 is 0 Å². The molecular formula is C22H24N2O3. The van der Waals surface area contributed by atoms with Gasteiger partial charge in [-0.2, -0.15) is 0 Å². The summed E-state index contributed by atoms with van der Waals surface area (Å²) < 4.78 is 13.3. The summed E-state index contributed by atoms with van der Waals surface area (Å²) in [7, 11) is 0. The van der Waals surface area contributed by atoms with Gasteiger partial charge in [0.15, 0.2) is 11.5 Å². The van der Waals surface area contributed by atoms with Gasteiger partial charge in [-0.15, -0.1) is 0 Å². The lowest BCUT2D eigenvalue weighted by Crippen LogP contribution is -2.31. The summed E-state index contributed by atoms with van der Waals surface area (Å²) in [6, 6.07) is 16.1. The lowest BCUT2D eigenvalue weighted by Gasteiger charge is -2.22. The standard InChI is InChI=1S/C22H24N2O3/c1-3-18(16-8-9-20-21(13-16)27-11-10-26-20)23-22(25)14-24-15(2)12-17-6-4-5-7-19(17)24/h4-9,12-13,18H,3,10-11,14H2,1-2H3,(H,23,25). The molecule has 0 aliphatic carbocycles. The highest BCUT2D eigenvalue weighted by molar-refractivity contribution is 5.84. The van der Waals surface area contributed by atoms with Crippen molar-refractivity contribution in [1.29, 1.82) is 0 Å². The molecule has 27 heavy (non-hydrogen) atoms. The normalized spacial score (nSPS) is 14.1. The Labute approximate surface area is 158 Å². The zero-order valence-electron chi connectivity index (χ0n) is 15.7. The molecule has 1 aliphatic heterocycles. The quantitative estimate of drug-likeness (QED) is 0.745. The molecule has 1 N–H and O–H groups in total. The Bertz CT molecular complexity index is 977. The van der Waals surface area contributed by atoms with Crippen LogP contribution in [0.5, 0.6) is 11.5 Å². The van der Waals surface area contributed by atoms with Crippen LogP contribution in [-0.2, 0) is 11.3 Å². The van der Waals surface area contributed by atoms with Crippen molar-refractivity contribution in [2.75, 3.05) is 13.2 Å². The first-order valence-corrected chi connectivity index (χ1v) is 9.39. The molecule has 4 rings (SSSR count). The van der Waals surface area contributed by atoms with Crippen LogP contribution in [0.15, 0.2) is 48.5 Å². The van der Waals surface area contributed by atoms with Gasteiger partial charge in [-0.1, -0.05) is 31.2 Å². The van der Waals surface area contributed by atoms with E-state index >= 15 is 0 Å². The zero-order valence-corrected chi connectivity index (χ0v) is 15.7. The fourth-order valence-corrected chi connectivity index (χ4v) is 3.64. The van der Waals surface area contributed by atoms with Gasteiger partial charge in [-0.3, -0.25) is 4.79 Å². The van der Waals surface area contributed by atoms with E-state index in [2.05, 4.69) is 28.9 Å². The minimum absolute atomic E-state index is 0.00110. The van der Waals surface area contributed by atoms with Crippen molar-refractivity contribution in [2.24, 2.45) is 0 Å². The molecule has 5 nitrogen and oxygen atoms in total. The van der Waals surface area contributed by atoms with E-state index in [4.69, 9.17) is 9.47 Å².